The lowest BCUT2D eigenvalue weighted by Crippen LogP contribution is -2.02. The molecule has 1 heterocycles. The van der Waals surface area contributed by atoms with Gasteiger partial charge < -0.3 is 4.52 Å². The third-order valence-electron chi connectivity index (χ3n) is 2.15. The highest BCUT2D eigenvalue weighted by atomic mass is 32.2. The summed E-state index contributed by atoms with van der Waals surface area (Å²) in [6.45, 7) is 0. The number of halogens is 2. The van der Waals surface area contributed by atoms with Crippen LogP contribution in [0.25, 0.3) is 0 Å². The van der Waals surface area contributed by atoms with Gasteiger partial charge in [-0.3, -0.25) is 0 Å². The Balaban J connectivity index is 1.99. The highest BCUT2D eigenvalue weighted by Crippen LogP contribution is 2.23. The summed E-state index contributed by atoms with van der Waals surface area (Å²) in [7, 11) is -3.22. The lowest BCUT2D eigenvalue weighted by atomic mass is 10.3. The van der Waals surface area contributed by atoms with Crippen molar-refractivity contribution in [3.8, 4) is 0 Å². The number of hydrogen-bond acceptors (Lipinski definition) is 6. The Morgan fingerprint density at radius 2 is 2.05 bits per heavy atom. The molecule has 0 amide bonds. The number of rotatable bonds is 5. The van der Waals surface area contributed by atoms with Crippen LogP contribution in [0.4, 0.5) is 8.78 Å². The van der Waals surface area contributed by atoms with Crippen molar-refractivity contribution in [3.05, 3.63) is 41.5 Å². The van der Waals surface area contributed by atoms with Crippen molar-refractivity contribution in [1.29, 1.82) is 0 Å². The van der Waals surface area contributed by atoms with Crippen LogP contribution in [0.15, 0.2) is 27.6 Å². The zero-order valence-electron chi connectivity index (χ0n) is 10.3. The highest BCUT2D eigenvalue weighted by Gasteiger charge is 2.12. The van der Waals surface area contributed by atoms with Crippen molar-refractivity contribution in [2.24, 2.45) is 0 Å². The van der Waals surface area contributed by atoms with Crippen molar-refractivity contribution in [3.63, 3.8) is 0 Å². The van der Waals surface area contributed by atoms with E-state index < -0.39 is 21.5 Å². The predicted octanol–water partition coefficient (Wildman–Crippen LogP) is 2.18. The minimum Gasteiger partial charge on any atom is -0.338 e. The second-order valence-corrected chi connectivity index (χ2v) is 7.23. The van der Waals surface area contributed by atoms with Gasteiger partial charge in [-0.2, -0.15) is 4.98 Å². The van der Waals surface area contributed by atoms with Gasteiger partial charge in [0.05, 0.1) is 5.75 Å². The first-order valence-corrected chi connectivity index (χ1v) is 8.45. The quantitative estimate of drug-likeness (QED) is 0.786. The van der Waals surface area contributed by atoms with Crippen LogP contribution in [0.5, 0.6) is 0 Å². The third kappa shape index (κ3) is 4.27. The van der Waals surface area contributed by atoms with Gasteiger partial charge in [0, 0.05) is 11.2 Å². The summed E-state index contributed by atoms with van der Waals surface area (Å²) in [5, 5.41) is 3.53. The summed E-state index contributed by atoms with van der Waals surface area (Å²) in [6.07, 6.45) is 1.07. The van der Waals surface area contributed by atoms with Crippen LogP contribution in [0.2, 0.25) is 0 Å². The normalized spacial score (nSPS) is 11.8. The standard InChI is InChI=1S/C11H10F2N2O3S2/c1-20(16,17)6-10-14-11(18-15-10)5-19-7-2-3-8(12)9(13)4-7/h2-4H,5-6H2,1H3. The number of nitrogens with zero attached hydrogens (tertiary/aromatic N) is 2. The molecule has 0 bridgehead atoms. The molecule has 0 aliphatic rings. The molecule has 9 heteroatoms. The van der Waals surface area contributed by atoms with E-state index in [1.165, 1.54) is 17.8 Å². The highest BCUT2D eigenvalue weighted by molar-refractivity contribution is 7.98. The van der Waals surface area contributed by atoms with Crippen LogP contribution < -0.4 is 0 Å². The van der Waals surface area contributed by atoms with Crippen LogP contribution in [-0.4, -0.2) is 24.8 Å². The SMILES string of the molecule is CS(=O)(=O)Cc1noc(CSc2ccc(F)c(F)c2)n1. The maximum Gasteiger partial charge on any atom is 0.237 e. The van der Waals surface area contributed by atoms with Crippen LogP contribution in [0.1, 0.15) is 11.7 Å². The molecule has 0 aliphatic carbocycles. The van der Waals surface area contributed by atoms with Crippen molar-refractivity contribution in [2.75, 3.05) is 6.26 Å². The zero-order valence-corrected chi connectivity index (χ0v) is 12.0. The Morgan fingerprint density at radius 3 is 2.70 bits per heavy atom. The smallest absolute Gasteiger partial charge is 0.237 e. The molecule has 0 fully saturated rings. The van der Waals surface area contributed by atoms with Crippen LogP contribution in [0, 0.1) is 11.6 Å². The molecule has 0 saturated carbocycles. The first kappa shape index (κ1) is 14.9. The van der Waals surface area contributed by atoms with Gasteiger partial charge in [-0.1, -0.05) is 5.16 Å². The summed E-state index contributed by atoms with van der Waals surface area (Å²) in [4.78, 5) is 4.41. The van der Waals surface area contributed by atoms with Gasteiger partial charge in [-0.25, -0.2) is 17.2 Å². The van der Waals surface area contributed by atoms with Crippen molar-refractivity contribution in [1.82, 2.24) is 10.1 Å². The first-order chi connectivity index (χ1) is 9.33. The fourth-order valence-corrected chi connectivity index (χ4v) is 2.70. The van der Waals surface area contributed by atoms with Gasteiger partial charge in [0.1, 0.15) is 5.75 Å². The fourth-order valence-electron chi connectivity index (χ4n) is 1.35. The van der Waals surface area contributed by atoms with Gasteiger partial charge in [0.25, 0.3) is 0 Å². The van der Waals surface area contributed by atoms with Gasteiger partial charge >= 0.3 is 0 Å². The molecule has 0 atom stereocenters. The van der Waals surface area contributed by atoms with Crippen LogP contribution >= 0.6 is 11.8 Å². The Kier molecular flexibility index (Phi) is 4.39. The summed E-state index contributed by atoms with van der Waals surface area (Å²) >= 11 is 1.18. The molecule has 5 nitrogen and oxygen atoms in total. The summed E-state index contributed by atoms with van der Waals surface area (Å²) < 4.78 is 52.7. The van der Waals surface area contributed by atoms with E-state index in [0.717, 1.165) is 18.4 Å². The maximum absolute atomic E-state index is 13.0. The van der Waals surface area contributed by atoms with Gasteiger partial charge in [-0.15, -0.1) is 11.8 Å². The molecule has 2 aromatic rings. The lowest BCUT2D eigenvalue weighted by Gasteiger charge is -1.99. The Labute approximate surface area is 118 Å². The maximum atomic E-state index is 13.0. The van der Waals surface area contributed by atoms with E-state index in [1.807, 2.05) is 0 Å². The molecule has 2 rings (SSSR count). The molecular weight excluding hydrogens is 310 g/mol. The first-order valence-electron chi connectivity index (χ1n) is 5.40. The average Bonchev–Trinajstić information content (AvgIpc) is 2.76. The predicted molar refractivity (Wildman–Crippen MR) is 68.8 cm³/mol. The number of benzene rings is 1. The largest absolute Gasteiger partial charge is 0.338 e. The molecule has 0 radical (unpaired) electrons. The second kappa shape index (κ2) is 5.88. The average molecular weight is 320 g/mol. The molecule has 0 N–H and O–H groups in total. The Bertz CT molecular complexity index is 716. The molecule has 0 saturated heterocycles. The lowest BCUT2D eigenvalue weighted by molar-refractivity contribution is 0.386. The number of hydrogen-bond donors (Lipinski definition) is 0. The Hall–Kier alpha value is -1.48. The summed E-state index contributed by atoms with van der Waals surface area (Å²) in [5.41, 5.74) is 0. The van der Waals surface area contributed by atoms with E-state index in [9.17, 15) is 17.2 Å². The molecule has 0 spiro atoms. The van der Waals surface area contributed by atoms with E-state index in [0.29, 0.717) is 4.90 Å². The van der Waals surface area contributed by atoms with E-state index >= 15 is 0 Å². The molecule has 108 valence electrons. The zero-order chi connectivity index (χ0) is 14.8. The van der Waals surface area contributed by atoms with E-state index in [4.69, 9.17) is 4.52 Å². The van der Waals surface area contributed by atoms with Gasteiger partial charge in [0.2, 0.25) is 5.89 Å². The minimum absolute atomic E-state index is 0.0772. The van der Waals surface area contributed by atoms with Gasteiger partial charge in [-0.05, 0) is 18.2 Å². The molecule has 20 heavy (non-hydrogen) atoms. The van der Waals surface area contributed by atoms with Crippen LogP contribution in [-0.2, 0) is 21.3 Å². The van der Waals surface area contributed by atoms with Crippen molar-refractivity contribution >= 4 is 21.6 Å². The van der Waals surface area contributed by atoms with Crippen LogP contribution in [0.3, 0.4) is 0 Å². The monoisotopic (exact) mass is 320 g/mol. The minimum atomic E-state index is -3.22. The molecule has 1 aromatic heterocycles. The number of sulfone groups is 1. The number of thioether (sulfide) groups is 1. The fraction of sp³-hybridized carbons (Fsp3) is 0.273. The molecular formula is C11H10F2N2O3S2. The van der Waals surface area contributed by atoms with E-state index in [1.54, 1.807) is 0 Å². The topological polar surface area (TPSA) is 73.1 Å². The van der Waals surface area contributed by atoms with E-state index in [-0.39, 0.29) is 23.2 Å². The molecule has 1 aromatic carbocycles. The summed E-state index contributed by atoms with van der Waals surface area (Å²) in [6, 6.07) is 3.52. The second-order valence-electron chi connectivity index (χ2n) is 4.04. The van der Waals surface area contributed by atoms with Gasteiger partial charge in [0.15, 0.2) is 27.3 Å². The number of aromatic nitrogens is 2. The van der Waals surface area contributed by atoms with Crippen molar-refractivity contribution < 1.29 is 21.7 Å². The summed E-state index contributed by atoms with van der Waals surface area (Å²) in [5.74, 6) is -1.61. The Morgan fingerprint density at radius 1 is 1.30 bits per heavy atom. The van der Waals surface area contributed by atoms with E-state index in [2.05, 4.69) is 10.1 Å². The van der Waals surface area contributed by atoms with Crippen molar-refractivity contribution in [2.45, 2.75) is 16.4 Å². The molecule has 0 unspecified atom stereocenters. The molecule has 0 aliphatic heterocycles. The third-order valence-corrected chi connectivity index (χ3v) is 3.92.